The number of nitrogens with zero attached hydrogens (tertiary/aromatic N) is 5. The zero-order valence-electron chi connectivity index (χ0n) is 16.4. The Balaban J connectivity index is 1.76. The molecule has 8 heteroatoms. The molecule has 1 aliphatic rings. The number of aryl methyl sites for hydroxylation is 3. The fraction of sp³-hybridized carbons (Fsp3) is 0.450. The first-order valence-electron chi connectivity index (χ1n) is 9.74. The number of hydrogen-bond acceptors (Lipinski definition) is 5. The summed E-state index contributed by atoms with van der Waals surface area (Å²) in [4.78, 5) is 32.2. The predicted molar refractivity (Wildman–Crippen MR) is 110 cm³/mol. The van der Waals surface area contributed by atoms with E-state index in [1.807, 2.05) is 22.8 Å². The van der Waals surface area contributed by atoms with Crippen LogP contribution in [0.3, 0.4) is 0 Å². The van der Waals surface area contributed by atoms with Gasteiger partial charge >= 0.3 is 5.69 Å². The van der Waals surface area contributed by atoms with E-state index in [0.717, 1.165) is 45.0 Å². The van der Waals surface area contributed by atoms with Gasteiger partial charge in [0, 0.05) is 46.8 Å². The molecule has 4 rings (SSSR count). The fourth-order valence-electron chi connectivity index (χ4n) is 3.84. The largest absolute Gasteiger partial charge is 0.340 e. The normalized spacial score (nSPS) is 14.7. The Morgan fingerprint density at radius 2 is 1.75 bits per heavy atom. The molecule has 1 aliphatic heterocycles. The summed E-state index contributed by atoms with van der Waals surface area (Å²) in [6, 6.07) is 10.3. The van der Waals surface area contributed by atoms with Gasteiger partial charge in [-0.15, -0.1) is 0 Å². The van der Waals surface area contributed by atoms with Gasteiger partial charge in [-0.25, -0.2) is 4.79 Å². The van der Waals surface area contributed by atoms with Gasteiger partial charge in [0.2, 0.25) is 5.95 Å². The highest BCUT2D eigenvalue weighted by Crippen LogP contribution is 2.21. The van der Waals surface area contributed by atoms with Gasteiger partial charge in [0.1, 0.15) is 0 Å². The highest BCUT2D eigenvalue weighted by atomic mass is 16.2. The van der Waals surface area contributed by atoms with Gasteiger partial charge in [0.15, 0.2) is 11.2 Å². The second kappa shape index (κ2) is 7.63. The van der Waals surface area contributed by atoms with Crippen LogP contribution in [-0.4, -0.2) is 44.9 Å². The second-order valence-electron chi connectivity index (χ2n) is 7.27. The maximum atomic E-state index is 12.9. The van der Waals surface area contributed by atoms with Gasteiger partial charge in [0.25, 0.3) is 5.56 Å². The van der Waals surface area contributed by atoms with Crippen molar-refractivity contribution in [2.24, 2.45) is 14.1 Å². The Hall–Kier alpha value is -2.87. The van der Waals surface area contributed by atoms with Crippen molar-refractivity contribution < 1.29 is 0 Å². The van der Waals surface area contributed by atoms with Crippen molar-refractivity contribution in [1.82, 2.24) is 24.0 Å². The summed E-state index contributed by atoms with van der Waals surface area (Å²) in [5.74, 6) is 0.780. The summed E-state index contributed by atoms with van der Waals surface area (Å²) in [6.07, 6.45) is 1.81. The third-order valence-electron chi connectivity index (χ3n) is 5.42. The van der Waals surface area contributed by atoms with Gasteiger partial charge in [-0.05, 0) is 18.4 Å². The Morgan fingerprint density at radius 1 is 1.04 bits per heavy atom. The van der Waals surface area contributed by atoms with Gasteiger partial charge < -0.3 is 14.8 Å². The fourth-order valence-corrected chi connectivity index (χ4v) is 3.84. The molecule has 2 aromatic heterocycles. The van der Waals surface area contributed by atoms with Crippen LogP contribution in [-0.2, 0) is 27.1 Å². The van der Waals surface area contributed by atoms with Crippen LogP contribution in [0.25, 0.3) is 11.2 Å². The Bertz CT molecular complexity index is 1090. The average molecular weight is 382 g/mol. The third kappa shape index (κ3) is 3.24. The maximum absolute atomic E-state index is 12.9. The molecule has 3 aromatic rings. The molecule has 0 aliphatic carbocycles. The molecule has 1 N–H and O–H groups in total. The van der Waals surface area contributed by atoms with Crippen molar-refractivity contribution in [2.75, 3.05) is 31.1 Å². The Labute approximate surface area is 163 Å². The molecular weight excluding hydrogens is 356 g/mol. The quantitative estimate of drug-likeness (QED) is 0.694. The topological polar surface area (TPSA) is 77.1 Å². The van der Waals surface area contributed by atoms with Crippen LogP contribution in [0.4, 0.5) is 5.95 Å². The minimum Gasteiger partial charge on any atom is -0.340 e. The summed E-state index contributed by atoms with van der Waals surface area (Å²) in [7, 11) is 3.20. The molecule has 0 spiro atoms. The van der Waals surface area contributed by atoms with Crippen LogP contribution in [0.15, 0.2) is 39.9 Å². The number of nitrogens with one attached hydrogen (secondary N) is 1. The Kier molecular flexibility index (Phi) is 5.04. The highest BCUT2D eigenvalue weighted by molar-refractivity contribution is 5.74. The van der Waals surface area contributed by atoms with Crippen LogP contribution in [0.2, 0.25) is 0 Å². The van der Waals surface area contributed by atoms with E-state index in [-0.39, 0.29) is 11.2 Å². The minimum absolute atomic E-state index is 0.285. The van der Waals surface area contributed by atoms with Crippen LogP contribution in [0.5, 0.6) is 0 Å². The molecule has 148 valence electrons. The molecule has 0 saturated carbocycles. The number of aromatic nitrogens is 4. The van der Waals surface area contributed by atoms with E-state index in [4.69, 9.17) is 4.98 Å². The van der Waals surface area contributed by atoms with Gasteiger partial charge in [-0.2, -0.15) is 4.98 Å². The van der Waals surface area contributed by atoms with Gasteiger partial charge in [-0.1, -0.05) is 30.3 Å². The summed E-state index contributed by atoms with van der Waals surface area (Å²) >= 11 is 0. The van der Waals surface area contributed by atoms with E-state index in [0.29, 0.717) is 17.7 Å². The molecule has 0 radical (unpaired) electrons. The van der Waals surface area contributed by atoms with Gasteiger partial charge in [-0.3, -0.25) is 13.9 Å². The predicted octanol–water partition coefficient (Wildman–Crippen LogP) is 0.476. The van der Waals surface area contributed by atoms with Crippen molar-refractivity contribution in [3.8, 4) is 0 Å². The standard InChI is InChI=1S/C20H26N6O2/c1-23-17-16(18(27)24(2)20(23)28)26(12-6-9-15-7-4-3-5-8-15)19(22-17)25-13-10-21-11-14-25/h3-5,7-8,21H,6,9-14H2,1-2H3. The number of rotatable bonds is 5. The summed E-state index contributed by atoms with van der Waals surface area (Å²) < 4.78 is 4.64. The molecule has 0 amide bonds. The maximum Gasteiger partial charge on any atom is 0.332 e. The molecule has 0 unspecified atom stereocenters. The summed E-state index contributed by atoms with van der Waals surface area (Å²) in [5, 5.41) is 3.34. The number of imidazole rings is 1. The van der Waals surface area contributed by atoms with Crippen molar-refractivity contribution in [2.45, 2.75) is 19.4 Å². The van der Waals surface area contributed by atoms with Gasteiger partial charge in [0.05, 0.1) is 0 Å². The zero-order chi connectivity index (χ0) is 19.7. The van der Waals surface area contributed by atoms with Crippen molar-refractivity contribution in [3.63, 3.8) is 0 Å². The molecule has 3 heterocycles. The van der Waals surface area contributed by atoms with Crippen molar-refractivity contribution >= 4 is 17.1 Å². The lowest BCUT2D eigenvalue weighted by molar-refractivity contribution is 0.560. The zero-order valence-corrected chi connectivity index (χ0v) is 16.4. The third-order valence-corrected chi connectivity index (χ3v) is 5.42. The lowest BCUT2D eigenvalue weighted by Gasteiger charge is -2.28. The van der Waals surface area contributed by atoms with E-state index in [9.17, 15) is 9.59 Å². The molecular formula is C20H26N6O2. The SMILES string of the molecule is Cn1c(=O)c2c(nc(N3CCNCC3)n2CCCc2ccccc2)n(C)c1=O. The number of piperazine rings is 1. The van der Waals surface area contributed by atoms with Crippen LogP contribution in [0.1, 0.15) is 12.0 Å². The Morgan fingerprint density at radius 3 is 2.46 bits per heavy atom. The lowest BCUT2D eigenvalue weighted by Crippen LogP contribution is -2.44. The first kappa shape index (κ1) is 18.5. The highest BCUT2D eigenvalue weighted by Gasteiger charge is 2.23. The number of anilines is 1. The molecule has 0 atom stereocenters. The minimum atomic E-state index is -0.349. The molecule has 0 bridgehead atoms. The summed E-state index contributed by atoms with van der Waals surface area (Å²) in [6.45, 7) is 4.10. The van der Waals surface area contributed by atoms with E-state index < -0.39 is 0 Å². The van der Waals surface area contributed by atoms with Crippen LogP contribution in [0, 0.1) is 0 Å². The van der Waals surface area contributed by atoms with Crippen molar-refractivity contribution in [1.29, 1.82) is 0 Å². The molecule has 28 heavy (non-hydrogen) atoms. The number of hydrogen-bond donors (Lipinski definition) is 1. The molecule has 8 nitrogen and oxygen atoms in total. The van der Waals surface area contributed by atoms with E-state index in [1.54, 1.807) is 7.05 Å². The number of benzene rings is 1. The van der Waals surface area contributed by atoms with Crippen molar-refractivity contribution in [3.05, 3.63) is 56.7 Å². The van der Waals surface area contributed by atoms with Crippen LogP contribution < -0.4 is 21.5 Å². The first-order chi connectivity index (χ1) is 13.6. The monoisotopic (exact) mass is 382 g/mol. The van der Waals surface area contributed by atoms with E-state index in [2.05, 4.69) is 22.3 Å². The number of fused-ring (bicyclic) bond motifs is 1. The first-order valence-corrected chi connectivity index (χ1v) is 9.74. The lowest BCUT2D eigenvalue weighted by atomic mass is 10.1. The second-order valence-corrected chi connectivity index (χ2v) is 7.27. The molecule has 1 saturated heterocycles. The molecule has 1 aromatic carbocycles. The average Bonchev–Trinajstić information content (AvgIpc) is 3.12. The smallest absolute Gasteiger partial charge is 0.332 e. The van der Waals surface area contributed by atoms with E-state index >= 15 is 0 Å². The molecule has 1 fully saturated rings. The van der Waals surface area contributed by atoms with Crippen LogP contribution >= 0.6 is 0 Å². The van der Waals surface area contributed by atoms with E-state index in [1.165, 1.54) is 21.7 Å². The summed E-state index contributed by atoms with van der Waals surface area (Å²) in [5.41, 5.74) is 1.61.